The van der Waals surface area contributed by atoms with Crippen LogP contribution >= 0.6 is 11.6 Å². The molecule has 0 saturated carbocycles. The molecule has 0 radical (unpaired) electrons. The second kappa shape index (κ2) is 5.27. The van der Waals surface area contributed by atoms with Crippen LogP contribution in [0.2, 0.25) is 5.02 Å². The highest BCUT2D eigenvalue weighted by atomic mass is 35.5. The van der Waals surface area contributed by atoms with Crippen LogP contribution in [0.1, 0.15) is 37.3 Å². The fourth-order valence-corrected chi connectivity index (χ4v) is 2.09. The quantitative estimate of drug-likeness (QED) is 0.938. The van der Waals surface area contributed by atoms with Crippen LogP contribution in [0.4, 0.5) is 8.78 Å². The average molecular weight is 287 g/mol. The van der Waals surface area contributed by atoms with Crippen molar-refractivity contribution in [2.75, 3.05) is 0 Å². The zero-order valence-corrected chi connectivity index (χ0v) is 11.2. The van der Waals surface area contributed by atoms with Crippen molar-refractivity contribution >= 4 is 11.6 Å². The average Bonchev–Trinajstić information content (AvgIpc) is 2.74. The number of halogens is 3. The molecule has 2 aromatic rings. The Morgan fingerprint density at radius 2 is 1.95 bits per heavy atom. The largest absolute Gasteiger partial charge is 0.382 e. The third-order valence-electron chi connectivity index (χ3n) is 2.79. The molecule has 1 heterocycles. The summed E-state index contributed by atoms with van der Waals surface area (Å²) in [7, 11) is 0. The van der Waals surface area contributed by atoms with Crippen LogP contribution in [-0.2, 0) is 0 Å². The van der Waals surface area contributed by atoms with E-state index in [1.807, 2.05) is 13.8 Å². The Morgan fingerprint density at radius 3 is 2.53 bits per heavy atom. The molecule has 0 bridgehead atoms. The van der Waals surface area contributed by atoms with E-state index in [2.05, 4.69) is 5.10 Å². The number of benzene rings is 1. The molecular weight excluding hydrogens is 274 g/mol. The molecule has 0 aliphatic rings. The molecule has 1 atom stereocenters. The summed E-state index contributed by atoms with van der Waals surface area (Å²) in [6, 6.07) is 3.23. The summed E-state index contributed by atoms with van der Waals surface area (Å²) < 4.78 is 27.6. The standard InChI is InChI=1S/C13H13ClF2N2O/c1-7(2)18-12(9(14)6-17-18)13(19)8-3-4-10(15)11(16)5-8/h3-7,13,19H,1-2H3. The zero-order valence-electron chi connectivity index (χ0n) is 10.4. The van der Waals surface area contributed by atoms with Gasteiger partial charge in [0.1, 0.15) is 6.10 Å². The Kier molecular flexibility index (Phi) is 3.87. The van der Waals surface area contributed by atoms with E-state index < -0.39 is 17.7 Å². The van der Waals surface area contributed by atoms with E-state index in [0.29, 0.717) is 5.69 Å². The lowest BCUT2D eigenvalue weighted by Crippen LogP contribution is -2.12. The van der Waals surface area contributed by atoms with E-state index >= 15 is 0 Å². The Hall–Kier alpha value is -1.46. The van der Waals surface area contributed by atoms with Crippen molar-refractivity contribution in [2.24, 2.45) is 0 Å². The number of hydrogen-bond acceptors (Lipinski definition) is 2. The molecule has 0 spiro atoms. The van der Waals surface area contributed by atoms with E-state index in [1.54, 1.807) is 4.68 Å². The molecule has 1 N–H and O–H groups in total. The van der Waals surface area contributed by atoms with Crippen LogP contribution in [0.3, 0.4) is 0 Å². The minimum atomic E-state index is -1.16. The van der Waals surface area contributed by atoms with Gasteiger partial charge in [-0.3, -0.25) is 4.68 Å². The van der Waals surface area contributed by atoms with Crippen molar-refractivity contribution in [3.63, 3.8) is 0 Å². The molecule has 1 unspecified atom stereocenters. The van der Waals surface area contributed by atoms with Gasteiger partial charge in [-0.25, -0.2) is 8.78 Å². The fourth-order valence-electron chi connectivity index (χ4n) is 1.86. The van der Waals surface area contributed by atoms with Crippen molar-refractivity contribution in [1.29, 1.82) is 0 Å². The monoisotopic (exact) mass is 286 g/mol. The van der Waals surface area contributed by atoms with E-state index in [1.165, 1.54) is 12.3 Å². The van der Waals surface area contributed by atoms with Gasteiger partial charge in [0, 0.05) is 6.04 Å². The lowest BCUT2D eigenvalue weighted by molar-refractivity contribution is 0.204. The van der Waals surface area contributed by atoms with Gasteiger partial charge in [0.2, 0.25) is 0 Å². The smallest absolute Gasteiger partial charge is 0.159 e. The first-order valence-corrected chi connectivity index (χ1v) is 6.15. The number of aliphatic hydroxyl groups excluding tert-OH is 1. The van der Waals surface area contributed by atoms with Crippen molar-refractivity contribution in [3.8, 4) is 0 Å². The summed E-state index contributed by atoms with van der Waals surface area (Å²) >= 11 is 5.99. The van der Waals surface area contributed by atoms with Gasteiger partial charge in [0.25, 0.3) is 0 Å². The maximum absolute atomic E-state index is 13.2. The third-order valence-corrected chi connectivity index (χ3v) is 3.09. The predicted molar refractivity (Wildman–Crippen MR) is 68.0 cm³/mol. The van der Waals surface area contributed by atoms with Gasteiger partial charge in [0.05, 0.1) is 16.9 Å². The Balaban J connectivity index is 2.46. The van der Waals surface area contributed by atoms with Gasteiger partial charge in [-0.15, -0.1) is 0 Å². The van der Waals surface area contributed by atoms with Crippen molar-refractivity contribution in [2.45, 2.75) is 26.0 Å². The van der Waals surface area contributed by atoms with Crippen LogP contribution < -0.4 is 0 Å². The maximum atomic E-state index is 13.2. The molecule has 0 fully saturated rings. The van der Waals surface area contributed by atoms with Crippen molar-refractivity contribution in [1.82, 2.24) is 9.78 Å². The van der Waals surface area contributed by atoms with Crippen LogP contribution in [0.5, 0.6) is 0 Å². The first-order valence-electron chi connectivity index (χ1n) is 5.77. The molecule has 1 aromatic carbocycles. The summed E-state index contributed by atoms with van der Waals surface area (Å²) in [6.07, 6.45) is 0.257. The molecule has 0 aliphatic carbocycles. The first kappa shape index (κ1) is 14.0. The molecule has 0 aliphatic heterocycles. The normalized spacial score (nSPS) is 13.0. The Bertz CT molecular complexity index is 598. The highest BCUT2D eigenvalue weighted by Crippen LogP contribution is 2.30. The van der Waals surface area contributed by atoms with Crippen LogP contribution in [0, 0.1) is 11.6 Å². The first-order chi connectivity index (χ1) is 8.91. The molecular formula is C13H13ClF2N2O. The van der Waals surface area contributed by atoms with Gasteiger partial charge >= 0.3 is 0 Å². The molecule has 102 valence electrons. The van der Waals surface area contributed by atoms with E-state index in [4.69, 9.17) is 11.6 Å². The number of rotatable bonds is 3. The molecule has 19 heavy (non-hydrogen) atoms. The summed E-state index contributed by atoms with van der Waals surface area (Å²) in [6.45, 7) is 3.76. The SMILES string of the molecule is CC(C)n1ncc(Cl)c1C(O)c1ccc(F)c(F)c1. The summed E-state index contributed by atoms with van der Waals surface area (Å²) in [5.74, 6) is -1.97. The third kappa shape index (κ3) is 2.62. The zero-order chi connectivity index (χ0) is 14.2. The van der Waals surface area contributed by atoms with Crippen LogP contribution in [0.25, 0.3) is 0 Å². The van der Waals surface area contributed by atoms with Gasteiger partial charge in [-0.1, -0.05) is 17.7 Å². The van der Waals surface area contributed by atoms with Gasteiger partial charge in [0.15, 0.2) is 11.6 Å². The second-order valence-corrected chi connectivity index (χ2v) is 4.90. The Morgan fingerprint density at radius 1 is 1.26 bits per heavy atom. The maximum Gasteiger partial charge on any atom is 0.159 e. The number of aliphatic hydroxyl groups is 1. The van der Waals surface area contributed by atoms with Gasteiger partial charge in [-0.2, -0.15) is 5.10 Å². The fraction of sp³-hybridized carbons (Fsp3) is 0.308. The van der Waals surface area contributed by atoms with E-state index in [-0.39, 0.29) is 16.6 Å². The highest BCUT2D eigenvalue weighted by molar-refractivity contribution is 6.31. The van der Waals surface area contributed by atoms with Crippen LogP contribution in [-0.4, -0.2) is 14.9 Å². The predicted octanol–water partition coefficient (Wildman–Crippen LogP) is 3.48. The summed E-state index contributed by atoms with van der Waals surface area (Å²) in [5.41, 5.74) is 0.589. The topological polar surface area (TPSA) is 38.0 Å². The lowest BCUT2D eigenvalue weighted by atomic mass is 10.1. The molecule has 0 amide bonds. The Labute approximate surface area is 114 Å². The minimum Gasteiger partial charge on any atom is -0.382 e. The van der Waals surface area contributed by atoms with E-state index in [0.717, 1.165) is 12.1 Å². The van der Waals surface area contributed by atoms with Crippen molar-refractivity contribution < 1.29 is 13.9 Å². The minimum absolute atomic E-state index is 0.0116. The molecule has 1 aromatic heterocycles. The van der Waals surface area contributed by atoms with Gasteiger partial charge in [-0.05, 0) is 31.5 Å². The second-order valence-electron chi connectivity index (χ2n) is 4.49. The summed E-state index contributed by atoms with van der Waals surface area (Å²) in [5, 5.41) is 14.6. The highest BCUT2D eigenvalue weighted by Gasteiger charge is 2.22. The molecule has 3 nitrogen and oxygen atoms in total. The lowest BCUT2D eigenvalue weighted by Gasteiger charge is -2.17. The van der Waals surface area contributed by atoms with Crippen LogP contribution in [0.15, 0.2) is 24.4 Å². The number of aromatic nitrogens is 2. The van der Waals surface area contributed by atoms with Crippen molar-refractivity contribution in [3.05, 3.63) is 52.3 Å². The van der Waals surface area contributed by atoms with Gasteiger partial charge < -0.3 is 5.11 Å². The summed E-state index contributed by atoms with van der Waals surface area (Å²) in [4.78, 5) is 0. The molecule has 2 rings (SSSR count). The van der Waals surface area contributed by atoms with E-state index in [9.17, 15) is 13.9 Å². The molecule has 0 saturated heterocycles. The number of hydrogen-bond donors (Lipinski definition) is 1. The number of nitrogens with zero attached hydrogens (tertiary/aromatic N) is 2. The molecule has 6 heteroatoms.